The molecule has 0 spiro atoms. The van der Waals surface area contributed by atoms with Gasteiger partial charge in [0, 0.05) is 6.04 Å². The summed E-state index contributed by atoms with van der Waals surface area (Å²) in [5.74, 6) is 0. The Labute approximate surface area is 83.3 Å². The third kappa shape index (κ3) is 5.30. The van der Waals surface area contributed by atoms with E-state index in [1.165, 1.54) is 64.3 Å². The predicted octanol–water partition coefficient (Wildman–Crippen LogP) is 3.49. The molecule has 0 aliphatic heterocycles. The van der Waals surface area contributed by atoms with Crippen LogP contribution in [0.1, 0.15) is 64.7 Å². The number of hydrogen-bond acceptors (Lipinski definition) is 1. The SMILES string of the molecule is CCCCNC1CCCCCCC1. The molecule has 78 valence electrons. The van der Waals surface area contributed by atoms with E-state index in [4.69, 9.17) is 0 Å². The first-order valence-corrected chi connectivity index (χ1v) is 6.17. The maximum Gasteiger partial charge on any atom is 0.00670 e. The quantitative estimate of drug-likeness (QED) is 0.658. The number of hydrogen-bond donors (Lipinski definition) is 1. The number of rotatable bonds is 4. The summed E-state index contributed by atoms with van der Waals surface area (Å²) >= 11 is 0. The fraction of sp³-hybridized carbons (Fsp3) is 1.00. The molecule has 0 aromatic rings. The van der Waals surface area contributed by atoms with E-state index in [0.717, 1.165) is 6.04 Å². The smallest absolute Gasteiger partial charge is 0.00670 e. The topological polar surface area (TPSA) is 12.0 Å². The van der Waals surface area contributed by atoms with Crippen molar-refractivity contribution in [3.8, 4) is 0 Å². The van der Waals surface area contributed by atoms with Gasteiger partial charge in [-0.2, -0.15) is 0 Å². The minimum Gasteiger partial charge on any atom is -0.314 e. The number of nitrogens with one attached hydrogen (secondary N) is 1. The van der Waals surface area contributed by atoms with Crippen LogP contribution in [0.5, 0.6) is 0 Å². The Morgan fingerprint density at radius 3 is 2.23 bits per heavy atom. The molecule has 1 aliphatic carbocycles. The summed E-state index contributed by atoms with van der Waals surface area (Å²) < 4.78 is 0. The first-order valence-electron chi connectivity index (χ1n) is 6.17. The molecular weight excluding hydrogens is 158 g/mol. The lowest BCUT2D eigenvalue weighted by Gasteiger charge is -2.20. The van der Waals surface area contributed by atoms with Crippen LogP contribution in [-0.2, 0) is 0 Å². The van der Waals surface area contributed by atoms with Crippen molar-refractivity contribution in [3.05, 3.63) is 0 Å². The van der Waals surface area contributed by atoms with Gasteiger partial charge in [0.2, 0.25) is 0 Å². The van der Waals surface area contributed by atoms with E-state index in [1.54, 1.807) is 0 Å². The van der Waals surface area contributed by atoms with Crippen LogP contribution in [0.2, 0.25) is 0 Å². The molecule has 0 saturated heterocycles. The van der Waals surface area contributed by atoms with Gasteiger partial charge < -0.3 is 5.32 Å². The van der Waals surface area contributed by atoms with Crippen LogP contribution in [0.15, 0.2) is 0 Å². The highest BCUT2D eigenvalue weighted by atomic mass is 14.9. The van der Waals surface area contributed by atoms with Crippen LogP contribution in [0.25, 0.3) is 0 Å². The van der Waals surface area contributed by atoms with E-state index in [2.05, 4.69) is 12.2 Å². The van der Waals surface area contributed by atoms with Gasteiger partial charge in [-0.15, -0.1) is 0 Å². The largest absolute Gasteiger partial charge is 0.314 e. The molecule has 13 heavy (non-hydrogen) atoms. The lowest BCUT2D eigenvalue weighted by molar-refractivity contribution is 0.388. The Hall–Kier alpha value is -0.0400. The highest BCUT2D eigenvalue weighted by Crippen LogP contribution is 2.16. The molecule has 0 unspecified atom stereocenters. The van der Waals surface area contributed by atoms with Gasteiger partial charge in [0.05, 0.1) is 0 Å². The summed E-state index contributed by atoms with van der Waals surface area (Å²) in [5, 5.41) is 3.69. The molecule has 1 N–H and O–H groups in total. The third-order valence-corrected chi connectivity index (χ3v) is 3.07. The molecule has 1 fully saturated rings. The Morgan fingerprint density at radius 2 is 1.62 bits per heavy atom. The molecule has 1 heteroatoms. The Bertz CT molecular complexity index is 104. The van der Waals surface area contributed by atoms with Gasteiger partial charge >= 0.3 is 0 Å². The normalized spacial score (nSPS) is 21.0. The van der Waals surface area contributed by atoms with Crippen molar-refractivity contribution in [1.29, 1.82) is 0 Å². The Morgan fingerprint density at radius 1 is 1.00 bits per heavy atom. The third-order valence-electron chi connectivity index (χ3n) is 3.07. The summed E-state index contributed by atoms with van der Waals surface area (Å²) in [6, 6.07) is 0.840. The standard InChI is InChI=1S/C12H25N/c1-2-3-11-13-12-9-7-5-4-6-8-10-12/h12-13H,2-11H2,1H3. The zero-order valence-electron chi connectivity index (χ0n) is 9.15. The first-order chi connectivity index (χ1) is 6.43. The molecule has 0 aromatic heterocycles. The predicted molar refractivity (Wildman–Crippen MR) is 59.0 cm³/mol. The second kappa shape index (κ2) is 7.37. The first kappa shape index (κ1) is 11.0. The van der Waals surface area contributed by atoms with E-state index in [0.29, 0.717) is 0 Å². The van der Waals surface area contributed by atoms with Gasteiger partial charge in [0.15, 0.2) is 0 Å². The average Bonchev–Trinajstić information content (AvgIpc) is 2.08. The minimum absolute atomic E-state index is 0.840. The fourth-order valence-corrected chi connectivity index (χ4v) is 2.14. The average molecular weight is 183 g/mol. The summed E-state index contributed by atoms with van der Waals surface area (Å²) in [4.78, 5) is 0. The second-order valence-corrected chi connectivity index (χ2v) is 4.35. The van der Waals surface area contributed by atoms with Gasteiger partial charge in [-0.25, -0.2) is 0 Å². The van der Waals surface area contributed by atoms with Crippen LogP contribution in [-0.4, -0.2) is 12.6 Å². The zero-order chi connectivity index (χ0) is 9.36. The van der Waals surface area contributed by atoms with Crippen molar-refractivity contribution in [2.75, 3.05) is 6.54 Å². The molecule has 0 aromatic carbocycles. The molecule has 1 aliphatic rings. The molecular formula is C12H25N. The van der Waals surface area contributed by atoms with Crippen molar-refractivity contribution < 1.29 is 0 Å². The van der Waals surface area contributed by atoms with E-state index in [9.17, 15) is 0 Å². The monoisotopic (exact) mass is 183 g/mol. The maximum atomic E-state index is 3.69. The van der Waals surface area contributed by atoms with Crippen molar-refractivity contribution in [1.82, 2.24) is 5.32 Å². The van der Waals surface area contributed by atoms with Crippen LogP contribution >= 0.6 is 0 Å². The Balaban J connectivity index is 2.06. The van der Waals surface area contributed by atoms with Gasteiger partial charge in [-0.1, -0.05) is 45.4 Å². The molecule has 0 heterocycles. The summed E-state index contributed by atoms with van der Waals surface area (Å²) in [7, 11) is 0. The molecule has 0 atom stereocenters. The second-order valence-electron chi connectivity index (χ2n) is 4.35. The molecule has 1 rings (SSSR count). The lowest BCUT2D eigenvalue weighted by atomic mass is 9.97. The summed E-state index contributed by atoms with van der Waals surface area (Å²) in [5.41, 5.74) is 0. The minimum atomic E-state index is 0.840. The highest BCUT2D eigenvalue weighted by Gasteiger charge is 2.09. The molecule has 0 amide bonds. The molecule has 0 radical (unpaired) electrons. The van der Waals surface area contributed by atoms with E-state index >= 15 is 0 Å². The van der Waals surface area contributed by atoms with Gasteiger partial charge in [-0.3, -0.25) is 0 Å². The van der Waals surface area contributed by atoms with Crippen molar-refractivity contribution >= 4 is 0 Å². The summed E-state index contributed by atoms with van der Waals surface area (Å²) in [6.07, 6.45) is 12.8. The van der Waals surface area contributed by atoms with Gasteiger partial charge in [0.25, 0.3) is 0 Å². The summed E-state index contributed by atoms with van der Waals surface area (Å²) in [6.45, 7) is 3.50. The van der Waals surface area contributed by atoms with E-state index < -0.39 is 0 Å². The molecule has 0 bridgehead atoms. The van der Waals surface area contributed by atoms with Gasteiger partial charge in [0.1, 0.15) is 0 Å². The number of unbranched alkanes of at least 4 members (excludes halogenated alkanes) is 1. The van der Waals surface area contributed by atoms with Gasteiger partial charge in [-0.05, 0) is 25.8 Å². The van der Waals surface area contributed by atoms with E-state index in [1.807, 2.05) is 0 Å². The molecule has 1 nitrogen and oxygen atoms in total. The van der Waals surface area contributed by atoms with Crippen LogP contribution in [0.3, 0.4) is 0 Å². The highest BCUT2D eigenvalue weighted by molar-refractivity contribution is 4.69. The van der Waals surface area contributed by atoms with Crippen molar-refractivity contribution in [2.45, 2.75) is 70.8 Å². The zero-order valence-corrected chi connectivity index (χ0v) is 9.15. The molecule has 1 saturated carbocycles. The van der Waals surface area contributed by atoms with Crippen molar-refractivity contribution in [2.24, 2.45) is 0 Å². The Kier molecular flexibility index (Phi) is 6.26. The maximum absolute atomic E-state index is 3.69. The van der Waals surface area contributed by atoms with Crippen LogP contribution in [0, 0.1) is 0 Å². The fourth-order valence-electron chi connectivity index (χ4n) is 2.14. The van der Waals surface area contributed by atoms with Crippen molar-refractivity contribution in [3.63, 3.8) is 0 Å². The van der Waals surface area contributed by atoms with Crippen LogP contribution in [0.4, 0.5) is 0 Å². The van der Waals surface area contributed by atoms with E-state index in [-0.39, 0.29) is 0 Å². The van der Waals surface area contributed by atoms with Crippen LogP contribution < -0.4 is 5.32 Å². The lowest BCUT2D eigenvalue weighted by Crippen LogP contribution is -2.30.